The quantitative estimate of drug-likeness (QED) is 0.920. The zero-order valence-corrected chi connectivity index (χ0v) is 12.4. The van der Waals surface area contributed by atoms with Gasteiger partial charge in [0.1, 0.15) is 0 Å². The third-order valence-electron chi connectivity index (χ3n) is 3.58. The summed E-state index contributed by atoms with van der Waals surface area (Å²) in [5.74, 6) is -0.257. The smallest absolute Gasteiger partial charge is 0.347 e. The molecule has 0 spiro atoms. The topological polar surface area (TPSA) is 35.6 Å². The lowest BCUT2D eigenvalue weighted by atomic mass is 10.2. The van der Waals surface area contributed by atoms with Crippen LogP contribution in [0.2, 0.25) is 0 Å². The average Bonchev–Trinajstić information content (AvgIpc) is 2.59. The third kappa shape index (κ3) is 5.31. The fraction of sp³-hybridized carbons (Fsp3) is 0.533. The zero-order valence-electron chi connectivity index (χ0n) is 12.4. The highest BCUT2D eigenvalue weighted by molar-refractivity contribution is 5.94. The molecule has 1 aliphatic rings. The summed E-state index contributed by atoms with van der Waals surface area (Å²) in [5.41, 5.74) is 0.511. The van der Waals surface area contributed by atoms with Gasteiger partial charge in [0.05, 0.1) is 12.6 Å². The molecule has 1 aromatic carbocycles. The lowest BCUT2D eigenvalue weighted by Gasteiger charge is -2.25. The molecule has 0 radical (unpaired) electrons. The van der Waals surface area contributed by atoms with Crippen molar-refractivity contribution in [3.8, 4) is 0 Å². The summed E-state index contributed by atoms with van der Waals surface area (Å²) in [5, 5.41) is 2.83. The Labute approximate surface area is 127 Å². The monoisotopic (exact) mass is 315 g/mol. The fourth-order valence-corrected chi connectivity index (χ4v) is 2.59. The van der Waals surface area contributed by atoms with Crippen LogP contribution in [0, 0.1) is 0 Å². The lowest BCUT2D eigenvalue weighted by molar-refractivity contribution is -0.145. The molecule has 1 aromatic rings. The van der Waals surface area contributed by atoms with Crippen LogP contribution in [0.1, 0.15) is 10.4 Å². The van der Waals surface area contributed by atoms with Crippen molar-refractivity contribution in [3.63, 3.8) is 0 Å². The second-order valence-corrected chi connectivity index (χ2v) is 5.65. The van der Waals surface area contributed by atoms with E-state index in [1.807, 2.05) is 11.9 Å². The van der Waals surface area contributed by atoms with E-state index in [1.54, 1.807) is 30.3 Å². The Hall–Kier alpha value is -1.60. The number of amides is 1. The molecule has 1 saturated heterocycles. The first-order valence-electron chi connectivity index (χ1n) is 7.17. The molecule has 4 nitrogen and oxygen atoms in total. The normalized spacial score (nSPS) is 21.4. The maximum atomic E-state index is 12.6. The summed E-state index contributed by atoms with van der Waals surface area (Å²) in [6, 6.07) is 8.35. The maximum Gasteiger partial charge on any atom is 0.401 e. The molecule has 1 amide bonds. The zero-order chi connectivity index (χ0) is 16.2. The molecule has 1 fully saturated rings. The van der Waals surface area contributed by atoms with Gasteiger partial charge in [0, 0.05) is 31.7 Å². The molecule has 0 saturated carbocycles. The summed E-state index contributed by atoms with van der Waals surface area (Å²) in [6.07, 6.45) is -4.23. The number of hydrogen-bond donors (Lipinski definition) is 1. The predicted molar refractivity (Wildman–Crippen MR) is 77.7 cm³/mol. The van der Waals surface area contributed by atoms with E-state index in [0.717, 1.165) is 0 Å². The van der Waals surface area contributed by atoms with Gasteiger partial charge in [0.25, 0.3) is 5.91 Å². The Morgan fingerprint density at radius 1 is 1.23 bits per heavy atom. The van der Waals surface area contributed by atoms with E-state index >= 15 is 0 Å². The lowest BCUT2D eigenvalue weighted by Crippen LogP contribution is -2.47. The van der Waals surface area contributed by atoms with Crippen molar-refractivity contribution in [2.45, 2.75) is 12.2 Å². The van der Waals surface area contributed by atoms with Crippen molar-refractivity contribution < 1.29 is 18.0 Å². The number of halogens is 3. The first kappa shape index (κ1) is 16.8. The molecule has 1 heterocycles. The van der Waals surface area contributed by atoms with Crippen LogP contribution in [-0.2, 0) is 0 Å². The number of rotatable bonds is 3. The van der Waals surface area contributed by atoms with Crippen LogP contribution in [0.3, 0.4) is 0 Å². The summed E-state index contributed by atoms with van der Waals surface area (Å²) in [7, 11) is 1.85. The highest BCUT2D eigenvalue weighted by Gasteiger charge is 2.33. The number of nitrogens with one attached hydrogen (secondary N) is 1. The fourth-order valence-electron chi connectivity index (χ4n) is 2.59. The number of carbonyl (C=O) groups excluding carboxylic acids is 1. The van der Waals surface area contributed by atoms with Crippen molar-refractivity contribution >= 4 is 5.91 Å². The number of benzene rings is 1. The van der Waals surface area contributed by atoms with E-state index in [-0.39, 0.29) is 18.5 Å². The predicted octanol–water partition coefficient (Wildman–Crippen LogP) is 1.59. The summed E-state index contributed by atoms with van der Waals surface area (Å²) < 4.78 is 37.7. The molecule has 2 rings (SSSR count). The molecule has 22 heavy (non-hydrogen) atoms. The van der Waals surface area contributed by atoms with E-state index in [0.29, 0.717) is 25.2 Å². The Bertz CT molecular complexity index is 493. The van der Waals surface area contributed by atoms with Crippen LogP contribution in [0.15, 0.2) is 30.3 Å². The van der Waals surface area contributed by atoms with E-state index in [4.69, 9.17) is 0 Å². The first-order chi connectivity index (χ1) is 10.3. The number of hydrogen-bond acceptors (Lipinski definition) is 3. The van der Waals surface area contributed by atoms with E-state index in [2.05, 4.69) is 5.32 Å². The van der Waals surface area contributed by atoms with Gasteiger partial charge in [-0.15, -0.1) is 0 Å². The largest absolute Gasteiger partial charge is 0.401 e. The van der Waals surface area contributed by atoms with Gasteiger partial charge < -0.3 is 10.2 Å². The van der Waals surface area contributed by atoms with Crippen LogP contribution in [-0.4, -0.2) is 67.7 Å². The van der Waals surface area contributed by atoms with Crippen molar-refractivity contribution in [3.05, 3.63) is 35.9 Å². The van der Waals surface area contributed by atoms with Gasteiger partial charge in [-0.25, -0.2) is 0 Å². The molecular weight excluding hydrogens is 295 g/mol. The van der Waals surface area contributed by atoms with Crippen molar-refractivity contribution in [1.82, 2.24) is 15.1 Å². The third-order valence-corrected chi connectivity index (χ3v) is 3.58. The van der Waals surface area contributed by atoms with Gasteiger partial charge in [-0.3, -0.25) is 9.69 Å². The van der Waals surface area contributed by atoms with Crippen molar-refractivity contribution in [2.75, 3.05) is 39.8 Å². The number of likely N-dealkylation sites (N-methyl/N-ethyl adjacent to an activating group) is 1. The first-order valence-corrected chi connectivity index (χ1v) is 7.17. The molecule has 1 N–H and O–H groups in total. The standard InChI is InChI=1S/C15H20F3N3O/c1-20-7-8-21(11-15(16,17)18)10-13(9-20)19-14(22)12-5-3-2-4-6-12/h2-6,13H,7-11H2,1H3,(H,19,22). The van der Waals surface area contributed by atoms with E-state index < -0.39 is 12.7 Å². The van der Waals surface area contributed by atoms with Crippen molar-refractivity contribution in [2.24, 2.45) is 0 Å². The van der Waals surface area contributed by atoms with Crippen LogP contribution in [0.4, 0.5) is 13.2 Å². The summed E-state index contributed by atoms with van der Waals surface area (Å²) in [6.45, 7) is 0.676. The molecule has 0 aromatic heterocycles. The molecule has 1 aliphatic heterocycles. The second kappa shape index (κ2) is 7.11. The van der Waals surface area contributed by atoms with Gasteiger partial charge in [-0.05, 0) is 19.2 Å². The van der Waals surface area contributed by atoms with Crippen LogP contribution >= 0.6 is 0 Å². The minimum atomic E-state index is -4.23. The van der Waals surface area contributed by atoms with Gasteiger partial charge in [-0.1, -0.05) is 18.2 Å². The van der Waals surface area contributed by atoms with E-state index in [9.17, 15) is 18.0 Å². The van der Waals surface area contributed by atoms with Gasteiger partial charge in [0.15, 0.2) is 0 Å². The Balaban J connectivity index is 2.00. The molecule has 1 unspecified atom stereocenters. The molecule has 122 valence electrons. The van der Waals surface area contributed by atoms with Crippen molar-refractivity contribution in [1.29, 1.82) is 0 Å². The minimum absolute atomic E-state index is 0.197. The number of nitrogens with zero attached hydrogens (tertiary/aromatic N) is 2. The SMILES string of the molecule is CN1CCN(CC(F)(F)F)CC(NC(=O)c2ccccc2)C1. The molecular formula is C15H20F3N3O. The highest BCUT2D eigenvalue weighted by Crippen LogP contribution is 2.17. The Morgan fingerprint density at radius 2 is 1.91 bits per heavy atom. The minimum Gasteiger partial charge on any atom is -0.347 e. The van der Waals surface area contributed by atoms with Crippen LogP contribution < -0.4 is 5.32 Å². The second-order valence-electron chi connectivity index (χ2n) is 5.65. The van der Waals surface area contributed by atoms with Gasteiger partial charge >= 0.3 is 6.18 Å². The van der Waals surface area contributed by atoms with Gasteiger partial charge in [0.2, 0.25) is 0 Å². The Morgan fingerprint density at radius 3 is 2.55 bits per heavy atom. The summed E-state index contributed by atoms with van der Waals surface area (Å²) in [4.78, 5) is 15.4. The molecule has 0 bridgehead atoms. The van der Waals surface area contributed by atoms with Gasteiger partial charge in [-0.2, -0.15) is 13.2 Å². The molecule has 7 heteroatoms. The maximum absolute atomic E-state index is 12.6. The number of carbonyl (C=O) groups is 1. The molecule has 0 aliphatic carbocycles. The molecule has 1 atom stereocenters. The number of alkyl halides is 3. The van der Waals surface area contributed by atoms with Crippen LogP contribution in [0.25, 0.3) is 0 Å². The highest BCUT2D eigenvalue weighted by atomic mass is 19.4. The average molecular weight is 315 g/mol. The van der Waals surface area contributed by atoms with E-state index in [1.165, 1.54) is 4.90 Å². The van der Waals surface area contributed by atoms with Crippen LogP contribution in [0.5, 0.6) is 0 Å². The summed E-state index contributed by atoms with van der Waals surface area (Å²) >= 11 is 0. The Kier molecular flexibility index (Phi) is 5.42.